The summed E-state index contributed by atoms with van der Waals surface area (Å²) in [6.45, 7) is 6.29. The molecule has 6 rings (SSSR count). The van der Waals surface area contributed by atoms with Crippen LogP contribution < -0.4 is 4.74 Å². The molecule has 1 N–H and O–H groups in total. The molecule has 1 unspecified atom stereocenters. The highest BCUT2D eigenvalue weighted by Crippen LogP contribution is 2.43. The van der Waals surface area contributed by atoms with Gasteiger partial charge in [0.25, 0.3) is 0 Å². The van der Waals surface area contributed by atoms with Crippen LogP contribution in [0.3, 0.4) is 0 Å². The molecule has 0 spiro atoms. The van der Waals surface area contributed by atoms with Crippen LogP contribution >= 0.6 is 12.4 Å². The smallest absolute Gasteiger partial charge is 0.123 e. The van der Waals surface area contributed by atoms with Crippen molar-refractivity contribution in [3.8, 4) is 17.0 Å². The second-order valence-electron chi connectivity index (χ2n) is 9.40. The maximum atomic E-state index is 13.7. The van der Waals surface area contributed by atoms with Crippen LogP contribution in [-0.4, -0.2) is 41.2 Å². The van der Waals surface area contributed by atoms with Crippen molar-refractivity contribution in [2.24, 2.45) is 11.8 Å². The van der Waals surface area contributed by atoms with Crippen molar-refractivity contribution in [2.75, 3.05) is 20.2 Å². The zero-order chi connectivity index (χ0) is 22.4. The van der Waals surface area contributed by atoms with Crippen molar-refractivity contribution in [3.63, 3.8) is 0 Å². The van der Waals surface area contributed by atoms with E-state index in [1.165, 1.54) is 25.0 Å². The quantitative estimate of drug-likeness (QED) is 0.501. The fourth-order valence-electron chi connectivity index (χ4n) is 5.83. The monoisotopic (exact) mass is 470 g/mol. The highest BCUT2D eigenvalue weighted by Gasteiger charge is 2.42. The lowest BCUT2D eigenvalue weighted by molar-refractivity contribution is -0.0562. The number of hydrogen-bond acceptors (Lipinski definition) is 4. The fraction of sp³-hybridized carbons (Fsp3) is 0.444. The fourth-order valence-corrected chi connectivity index (χ4v) is 5.83. The molecule has 3 aromatic rings. The Labute approximate surface area is 201 Å². The summed E-state index contributed by atoms with van der Waals surface area (Å²) in [7, 11) is 1.65. The summed E-state index contributed by atoms with van der Waals surface area (Å²) in [4.78, 5) is 7.35. The molecule has 0 radical (unpaired) electrons. The minimum Gasteiger partial charge on any atom is -0.497 e. The molecule has 3 fully saturated rings. The lowest BCUT2D eigenvalue weighted by Gasteiger charge is -2.51. The van der Waals surface area contributed by atoms with Gasteiger partial charge in [0.2, 0.25) is 0 Å². The van der Waals surface area contributed by atoms with E-state index in [1.54, 1.807) is 13.2 Å². The minimum atomic E-state index is -0.618. The number of pyridine rings is 1. The van der Waals surface area contributed by atoms with Crippen LogP contribution in [0.5, 0.6) is 5.75 Å². The standard InChI is InChI=1S/C27H31FN2O2.ClH/c1-4-17-15-30-10-9-18(17)12-26(30)27(31)23-14-25(21-7-5-19(28)11-16(21)2)29-24-8-6-20(32-3)13-22(23)24;/h5-8,11,13-14,17-18,26-27,31H,4,9-10,12,15H2,1-3H3;1H/t17-,18-,26-,27+;/m0./s1. The SMILES string of the molecule is CC[C@H]1CN2CC[C@H]1C[C@H]2[C@H](O)c1cc(-c2ccc(F)cc2C)nc2ccc(OC)cc12.Cl. The molecule has 5 atom stereocenters. The summed E-state index contributed by atoms with van der Waals surface area (Å²) in [6, 6.07) is 12.7. The average Bonchev–Trinajstić information content (AvgIpc) is 2.82. The molecule has 2 bridgehead atoms. The van der Waals surface area contributed by atoms with Gasteiger partial charge in [0.15, 0.2) is 0 Å². The number of piperidine rings is 3. The molecule has 3 aliphatic rings. The van der Waals surface area contributed by atoms with Gasteiger partial charge in [0, 0.05) is 23.5 Å². The summed E-state index contributed by atoms with van der Waals surface area (Å²) in [6.07, 6.45) is 2.84. The molecule has 4 nitrogen and oxygen atoms in total. The Morgan fingerprint density at radius 3 is 2.70 bits per heavy atom. The van der Waals surface area contributed by atoms with Crippen molar-refractivity contribution in [3.05, 3.63) is 59.4 Å². The predicted molar refractivity (Wildman–Crippen MR) is 132 cm³/mol. The number of aromatic nitrogens is 1. The van der Waals surface area contributed by atoms with E-state index < -0.39 is 6.10 Å². The van der Waals surface area contributed by atoms with Gasteiger partial charge >= 0.3 is 0 Å². The molecule has 0 aliphatic carbocycles. The summed E-state index contributed by atoms with van der Waals surface area (Å²) in [5.74, 6) is 1.91. The lowest BCUT2D eigenvalue weighted by atomic mass is 9.72. The molecule has 0 amide bonds. The second kappa shape index (κ2) is 9.57. The Bertz CT molecular complexity index is 1150. The van der Waals surface area contributed by atoms with Crippen molar-refractivity contribution >= 4 is 23.3 Å². The van der Waals surface area contributed by atoms with Crippen molar-refractivity contribution in [1.82, 2.24) is 9.88 Å². The van der Waals surface area contributed by atoms with Crippen LogP contribution in [0.2, 0.25) is 0 Å². The first-order valence-electron chi connectivity index (χ1n) is 11.7. The zero-order valence-electron chi connectivity index (χ0n) is 19.4. The summed E-state index contributed by atoms with van der Waals surface area (Å²) in [5, 5.41) is 12.6. The first kappa shape index (κ1) is 23.9. The predicted octanol–water partition coefficient (Wildman–Crippen LogP) is 5.93. The largest absolute Gasteiger partial charge is 0.497 e. The van der Waals surface area contributed by atoms with Crippen molar-refractivity contribution in [2.45, 2.75) is 45.3 Å². The van der Waals surface area contributed by atoms with Gasteiger partial charge in [0.1, 0.15) is 11.6 Å². The molecule has 176 valence electrons. The lowest BCUT2D eigenvalue weighted by Crippen LogP contribution is -2.55. The number of methoxy groups -OCH3 is 1. The number of halogens is 2. The molecule has 1 aromatic heterocycles. The Kier molecular flexibility index (Phi) is 6.94. The number of aliphatic hydroxyl groups excluding tert-OH is 1. The number of rotatable bonds is 5. The number of benzene rings is 2. The Balaban J connectivity index is 0.00000259. The van der Waals surface area contributed by atoms with Crippen LogP contribution in [0.4, 0.5) is 4.39 Å². The maximum absolute atomic E-state index is 13.7. The summed E-state index contributed by atoms with van der Waals surface area (Å²) < 4.78 is 19.2. The van der Waals surface area contributed by atoms with Crippen molar-refractivity contribution < 1.29 is 14.2 Å². The third kappa shape index (κ3) is 4.34. The van der Waals surface area contributed by atoms with Gasteiger partial charge < -0.3 is 9.84 Å². The second-order valence-corrected chi connectivity index (χ2v) is 9.40. The van der Waals surface area contributed by atoms with E-state index in [4.69, 9.17) is 9.72 Å². The molecule has 3 aliphatic heterocycles. The van der Waals surface area contributed by atoms with E-state index in [0.717, 1.165) is 64.5 Å². The van der Waals surface area contributed by atoms with Gasteiger partial charge in [-0.2, -0.15) is 0 Å². The van der Waals surface area contributed by atoms with Gasteiger partial charge in [-0.1, -0.05) is 13.3 Å². The Morgan fingerprint density at radius 1 is 1.21 bits per heavy atom. The first-order chi connectivity index (χ1) is 15.5. The van der Waals surface area contributed by atoms with E-state index in [2.05, 4.69) is 11.8 Å². The van der Waals surface area contributed by atoms with Crippen LogP contribution in [0.1, 0.15) is 43.4 Å². The summed E-state index contributed by atoms with van der Waals surface area (Å²) in [5.41, 5.74) is 4.16. The van der Waals surface area contributed by atoms with E-state index in [0.29, 0.717) is 5.92 Å². The topological polar surface area (TPSA) is 45.6 Å². The van der Waals surface area contributed by atoms with Gasteiger partial charge in [-0.3, -0.25) is 4.90 Å². The van der Waals surface area contributed by atoms with E-state index >= 15 is 0 Å². The normalized spacial score (nSPS) is 25.0. The molecule has 4 heterocycles. The van der Waals surface area contributed by atoms with Gasteiger partial charge in [-0.15, -0.1) is 12.4 Å². The number of aryl methyl sites for hydroxylation is 1. The number of ether oxygens (including phenoxy) is 1. The molecule has 0 saturated carbocycles. The highest BCUT2D eigenvalue weighted by molar-refractivity contribution is 5.87. The molecule has 3 saturated heterocycles. The third-order valence-electron chi connectivity index (χ3n) is 7.66. The minimum absolute atomic E-state index is 0. The Hall–Kier alpha value is -2.21. The summed E-state index contributed by atoms with van der Waals surface area (Å²) >= 11 is 0. The average molecular weight is 471 g/mol. The zero-order valence-corrected chi connectivity index (χ0v) is 20.2. The molecular weight excluding hydrogens is 439 g/mol. The first-order valence-corrected chi connectivity index (χ1v) is 11.7. The van der Waals surface area contributed by atoms with E-state index in [-0.39, 0.29) is 24.3 Å². The molecule has 2 aromatic carbocycles. The van der Waals surface area contributed by atoms with Gasteiger partial charge in [-0.05, 0) is 91.7 Å². The van der Waals surface area contributed by atoms with Crippen LogP contribution in [0.15, 0.2) is 42.5 Å². The Morgan fingerprint density at radius 2 is 2.03 bits per heavy atom. The van der Waals surface area contributed by atoms with E-state index in [1.807, 2.05) is 31.2 Å². The van der Waals surface area contributed by atoms with Crippen LogP contribution in [0, 0.1) is 24.6 Å². The molecule has 6 heteroatoms. The number of hydrogen-bond donors (Lipinski definition) is 1. The van der Waals surface area contributed by atoms with Gasteiger partial charge in [0.05, 0.1) is 24.4 Å². The highest BCUT2D eigenvalue weighted by atomic mass is 35.5. The number of nitrogens with zero attached hydrogens (tertiary/aromatic N) is 2. The van der Waals surface area contributed by atoms with Crippen LogP contribution in [0.25, 0.3) is 22.2 Å². The van der Waals surface area contributed by atoms with Crippen molar-refractivity contribution in [1.29, 1.82) is 0 Å². The molecular formula is C27H32ClFN2O2. The van der Waals surface area contributed by atoms with E-state index in [9.17, 15) is 9.50 Å². The third-order valence-corrected chi connectivity index (χ3v) is 7.66. The molecule has 33 heavy (non-hydrogen) atoms. The maximum Gasteiger partial charge on any atom is 0.123 e. The number of aliphatic hydroxyl groups is 1. The number of fused-ring (bicyclic) bond motifs is 4. The van der Waals surface area contributed by atoms with Crippen LogP contribution in [-0.2, 0) is 0 Å². The van der Waals surface area contributed by atoms with Gasteiger partial charge in [-0.25, -0.2) is 9.37 Å².